The molecule has 5 nitrogen and oxygen atoms in total. The minimum absolute atomic E-state index is 0.0163. The second-order valence-corrected chi connectivity index (χ2v) is 11.2. The number of benzene rings is 1. The Bertz CT molecular complexity index is 1090. The van der Waals surface area contributed by atoms with Crippen LogP contribution in [-0.2, 0) is 11.2 Å². The maximum atomic E-state index is 13.0. The average Bonchev–Trinajstić information content (AvgIpc) is 3.34. The summed E-state index contributed by atoms with van der Waals surface area (Å²) < 4.78 is 2.36. The van der Waals surface area contributed by atoms with Crippen molar-refractivity contribution in [3.05, 3.63) is 52.0 Å². The van der Waals surface area contributed by atoms with E-state index < -0.39 is 11.9 Å². The van der Waals surface area contributed by atoms with E-state index in [1.165, 1.54) is 4.88 Å². The number of aromatic nitrogens is 2. The number of thiophene rings is 1. The number of carboxylic acid groups (broad SMARTS) is 1. The lowest BCUT2D eigenvalue weighted by Gasteiger charge is -2.29. The molecule has 0 amide bonds. The Kier molecular flexibility index (Phi) is 8.11. The highest BCUT2D eigenvalue weighted by molar-refractivity contribution is 7.09. The van der Waals surface area contributed by atoms with Gasteiger partial charge in [-0.1, -0.05) is 47.6 Å². The molecule has 0 aliphatic heterocycles. The predicted molar refractivity (Wildman–Crippen MR) is 135 cm³/mol. The Morgan fingerprint density at radius 3 is 2.30 bits per heavy atom. The van der Waals surface area contributed by atoms with Crippen LogP contribution in [0.1, 0.15) is 81.5 Å². The summed E-state index contributed by atoms with van der Waals surface area (Å²) in [6, 6.07) is 10.1. The third-order valence-electron chi connectivity index (χ3n) is 6.20. The van der Waals surface area contributed by atoms with E-state index >= 15 is 0 Å². The number of nitrogens with zero attached hydrogens (tertiary/aromatic N) is 2. The molecule has 0 spiro atoms. The van der Waals surface area contributed by atoms with E-state index in [0.717, 1.165) is 23.3 Å². The Hall–Kier alpha value is -2.47. The Balaban J connectivity index is 2.02. The summed E-state index contributed by atoms with van der Waals surface area (Å²) >= 11 is 1.72. The van der Waals surface area contributed by atoms with Gasteiger partial charge in [0.1, 0.15) is 5.82 Å². The minimum atomic E-state index is -0.905. The molecule has 0 aliphatic carbocycles. The van der Waals surface area contributed by atoms with Crippen molar-refractivity contribution in [2.24, 2.45) is 23.7 Å². The molecule has 0 saturated heterocycles. The monoisotopic (exact) mass is 468 g/mol. The van der Waals surface area contributed by atoms with Crippen LogP contribution >= 0.6 is 11.3 Å². The molecule has 1 atom stereocenters. The molecule has 0 radical (unpaired) electrons. The Morgan fingerprint density at radius 1 is 1.06 bits per heavy atom. The first-order chi connectivity index (χ1) is 15.6. The van der Waals surface area contributed by atoms with Crippen LogP contribution in [0.2, 0.25) is 0 Å². The van der Waals surface area contributed by atoms with Crippen LogP contribution < -0.4 is 0 Å². The number of carbonyl (C=O) groups is 2. The molecule has 3 aromatic rings. The van der Waals surface area contributed by atoms with Gasteiger partial charge in [0.25, 0.3) is 0 Å². The molecular weight excluding hydrogens is 432 g/mol. The van der Waals surface area contributed by atoms with Crippen molar-refractivity contribution < 1.29 is 14.7 Å². The van der Waals surface area contributed by atoms with Crippen molar-refractivity contribution in [1.29, 1.82) is 0 Å². The topological polar surface area (TPSA) is 72.2 Å². The highest BCUT2D eigenvalue weighted by Crippen LogP contribution is 2.33. The zero-order valence-electron chi connectivity index (χ0n) is 20.5. The van der Waals surface area contributed by atoms with Gasteiger partial charge in [-0.05, 0) is 53.8 Å². The standard InChI is InChI=1S/C27H36N2O3S/c1-16(2)12-20(27(31)32)14-24(30)19-9-10-23-22(13-19)28-25(15-21-8-7-11-33-21)29(23)26(17(3)4)18(5)6/h7-11,13,16-18,20,26H,12,14-15H2,1-6H3,(H,31,32)/t20-/m1/s1. The maximum absolute atomic E-state index is 13.0. The molecule has 178 valence electrons. The van der Waals surface area contributed by atoms with E-state index in [9.17, 15) is 14.7 Å². The van der Waals surface area contributed by atoms with Gasteiger partial charge in [0.2, 0.25) is 0 Å². The summed E-state index contributed by atoms with van der Waals surface area (Å²) in [4.78, 5) is 30.9. The molecule has 33 heavy (non-hydrogen) atoms. The molecule has 0 unspecified atom stereocenters. The number of Topliss-reactive ketones (excluding diaryl/α,β-unsaturated/α-hetero) is 1. The van der Waals surface area contributed by atoms with Crippen LogP contribution in [0.25, 0.3) is 11.0 Å². The first-order valence-corrected chi connectivity index (χ1v) is 12.8. The van der Waals surface area contributed by atoms with Crippen molar-refractivity contribution in [3.63, 3.8) is 0 Å². The van der Waals surface area contributed by atoms with Gasteiger partial charge in [-0.15, -0.1) is 11.3 Å². The highest BCUT2D eigenvalue weighted by atomic mass is 32.1. The molecule has 6 heteroatoms. The summed E-state index contributed by atoms with van der Waals surface area (Å²) in [5.41, 5.74) is 2.37. The summed E-state index contributed by atoms with van der Waals surface area (Å²) in [7, 11) is 0. The van der Waals surface area contributed by atoms with Gasteiger partial charge >= 0.3 is 5.97 Å². The molecule has 2 aromatic heterocycles. The van der Waals surface area contributed by atoms with Gasteiger partial charge in [0.05, 0.1) is 17.0 Å². The normalized spacial score (nSPS) is 13.0. The molecular formula is C27H36N2O3S. The van der Waals surface area contributed by atoms with E-state index in [4.69, 9.17) is 4.98 Å². The summed E-state index contributed by atoms with van der Waals surface area (Å²) in [5.74, 6) is 0.386. The minimum Gasteiger partial charge on any atom is -0.481 e. The lowest BCUT2D eigenvalue weighted by atomic mass is 9.90. The van der Waals surface area contributed by atoms with Gasteiger partial charge in [-0.3, -0.25) is 9.59 Å². The van der Waals surface area contributed by atoms with Gasteiger partial charge in [-0.25, -0.2) is 4.98 Å². The molecule has 0 bridgehead atoms. The van der Waals surface area contributed by atoms with Crippen LogP contribution in [-0.4, -0.2) is 26.4 Å². The number of fused-ring (bicyclic) bond motifs is 1. The number of carbonyl (C=O) groups excluding carboxylic acids is 1. The lowest BCUT2D eigenvalue weighted by molar-refractivity contribution is -0.142. The quantitative estimate of drug-likeness (QED) is 0.312. The zero-order chi connectivity index (χ0) is 24.3. The maximum Gasteiger partial charge on any atom is 0.306 e. The molecule has 0 saturated carbocycles. The Morgan fingerprint density at radius 2 is 1.76 bits per heavy atom. The van der Waals surface area contributed by atoms with Crippen molar-refractivity contribution in [2.75, 3.05) is 0 Å². The average molecular weight is 469 g/mol. The number of ketones is 1. The molecule has 1 N–H and O–H groups in total. The van der Waals surface area contributed by atoms with Crippen LogP contribution in [0.4, 0.5) is 0 Å². The molecule has 0 aliphatic rings. The summed E-state index contributed by atoms with van der Waals surface area (Å²) in [6.07, 6.45) is 1.26. The molecule has 2 heterocycles. The van der Waals surface area contributed by atoms with E-state index in [1.54, 1.807) is 11.3 Å². The molecule has 3 rings (SSSR count). The van der Waals surface area contributed by atoms with E-state index in [-0.39, 0.29) is 24.2 Å². The highest BCUT2D eigenvalue weighted by Gasteiger charge is 2.27. The summed E-state index contributed by atoms with van der Waals surface area (Å²) in [6.45, 7) is 12.9. The predicted octanol–water partition coefficient (Wildman–Crippen LogP) is 6.86. The zero-order valence-corrected chi connectivity index (χ0v) is 21.4. The first-order valence-electron chi connectivity index (χ1n) is 11.9. The van der Waals surface area contributed by atoms with Crippen molar-refractivity contribution >= 4 is 34.1 Å². The van der Waals surface area contributed by atoms with Crippen LogP contribution in [0.3, 0.4) is 0 Å². The van der Waals surface area contributed by atoms with E-state index in [2.05, 4.69) is 49.8 Å². The van der Waals surface area contributed by atoms with Crippen LogP contribution in [0.15, 0.2) is 35.7 Å². The van der Waals surface area contributed by atoms with E-state index in [0.29, 0.717) is 23.8 Å². The van der Waals surface area contributed by atoms with Gasteiger partial charge < -0.3 is 9.67 Å². The third kappa shape index (κ3) is 5.91. The first kappa shape index (κ1) is 25.2. The van der Waals surface area contributed by atoms with Crippen molar-refractivity contribution in [1.82, 2.24) is 9.55 Å². The van der Waals surface area contributed by atoms with Gasteiger partial charge in [0, 0.05) is 29.3 Å². The third-order valence-corrected chi connectivity index (χ3v) is 7.07. The van der Waals surface area contributed by atoms with E-state index in [1.807, 2.05) is 32.0 Å². The lowest BCUT2D eigenvalue weighted by Crippen LogP contribution is -2.23. The fourth-order valence-electron chi connectivity index (χ4n) is 4.90. The summed E-state index contributed by atoms with van der Waals surface area (Å²) in [5, 5.41) is 11.6. The van der Waals surface area contributed by atoms with Crippen LogP contribution in [0, 0.1) is 23.7 Å². The number of aliphatic carboxylic acids is 1. The van der Waals surface area contributed by atoms with Gasteiger partial charge in [0.15, 0.2) is 5.78 Å². The number of imidazole rings is 1. The fourth-order valence-corrected chi connectivity index (χ4v) is 5.60. The number of hydrogen-bond donors (Lipinski definition) is 1. The Labute approximate surface area is 200 Å². The van der Waals surface area contributed by atoms with Crippen molar-refractivity contribution in [3.8, 4) is 0 Å². The fraction of sp³-hybridized carbons (Fsp3) is 0.519. The van der Waals surface area contributed by atoms with Gasteiger partial charge in [-0.2, -0.15) is 0 Å². The smallest absolute Gasteiger partial charge is 0.306 e. The molecule has 0 fully saturated rings. The van der Waals surface area contributed by atoms with Crippen molar-refractivity contribution in [2.45, 2.75) is 66.8 Å². The number of hydrogen-bond acceptors (Lipinski definition) is 4. The second kappa shape index (κ2) is 10.6. The number of rotatable bonds is 11. The SMILES string of the molecule is CC(C)C[C@H](CC(=O)c1ccc2c(c1)nc(Cc1cccs1)n2C(C(C)C)C(C)C)C(=O)O. The molecule has 1 aromatic carbocycles. The van der Waals surface area contributed by atoms with Crippen LogP contribution in [0.5, 0.6) is 0 Å². The second-order valence-electron chi connectivity index (χ2n) is 10.1. The number of carboxylic acids is 1. The largest absolute Gasteiger partial charge is 0.481 e.